The van der Waals surface area contributed by atoms with Gasteiger partial charge in [-0.25, -0.2) is 9.78 Å². The molecule has 0 unspecified atom stereocenters. The van der Waals surface area contributed by atoms with Crippen molar-refractivity contribution in [2.45, 2.75) is 39.7 Å². The zero-order chi connectivity index (χ0) is 17.5. The summed E-state index contributed by atoms with van der Waals surface area (Å²) in [5.74, 6) is 0.443. The molecule has 0 radical (unpaired) electrons. The van der Waals surface area contributed by atoms with E-state index in [2.05, 4.69) is 11.9 Å². The first kappa shape index (κ1) is 18.2. The zero-order valence-corrected chi connectivity index (χ0v) is 14.7. The lowest BCUT2D eigenvalue weighted by atomic mass is 10.1. The smallest absolute Gasteiger partial charge is 0.339 e. The van der Waals surface area contributed by atoms with Gasteiger partial charge in [0.25, 0.3) is 0 Å². The predicted octanol–water partition coefficient (Wildman–Crippen LogP) is 3.92. The van der Waals surface area contributed by atoms with Gasteiger partial charge in [-0.3, -0.25) is 4.79 Å². The number of hydrogen-bond donors (Lipinski definition) is 0. The number of carbonyl (C=O) groups is 2. The first-order chi connectivity index (χ1) is 11.6. The minimum Gasteiger partial charge on any atom is -0.462 e. The number of imidazole rings is 1. The summed E-state index contributed by atoms with van der Waals surface area (Å²) < 4.78 is 6.86. The van der Waals surface area contributed by atoms with E-state index < -0.39 is 5.97 Å². The highest BCUT2D eigenvalue weighted by molar-refractivity contribution is 6.33. The van der Waals surface area contributed by atoms with Crippen LogP contribution in [-0.4, -0.2) is 28.4 Å². The SMILES string of the molecule is CCCCc1ncc(C=O)n1Cc1ccc(C(=O)OCC)c(Cl)c1. The Balaban J connectivity index is 2.25. The van der Waals surface area contributed by atoms with Gasteiger partial charge in [-0.1, -0.05) is 31.0 Å². The van der Waals surface area contributed by atoms with Crippen LogP contribution in [0, 0.1) is 0 Å². The van der Waals surface area contributed by atoms with Crippen LogP contribution in [0.3, 0.4) is 0 Å². The quantitative estimate of drug-likeness (QED) is 0.536. The molecule has 0 fully saturated rings. The summed E-state index contributed by atoms with van der Waals surface area (Å²) in [6.07, 6.45) is 5.28. The molecule has 0 N–H and O–H groups in total. The number of aldehydes is 1. The second kappa shape index (κ2) is 8.64. The molecule has 2 rings (SSSR count). The van der Waals surface area contributed by atoms with Crippen LogP contribution in [0.15, 0.2) is 24.4 Å². The number of esters is 1. The number of benzene rings is 1. The van der Waals surface area contributed by atoms with Crippen LogP contribution >= 0.6 is 11.6 Å². The summed E-state index contributed by atoms with van der Waals surface area (Å²) in [4.78, 5) is 27.4. The molecule has 0 aliphatic carbocycles. The number of aryl methyl sites for hydroxylation is 1. The predicted molar refractivity (Wildman–Crippen MR) is 92.7 cm³/mol. The molecule has 0 aliphatic heterocycles. The molecule has 1 aromatic heterocycles. The maximum Gasteiger partial charge on any atom is 0.339 e. The third-order valence-corrected chi connectivity index (χ3v) is 4.03. The van der Waals surface area contributed by atoms with Gasteiger partial charge in [-0.05, 0) is 31.0 Å². The molecular weight excluding hydrogens is 328 g/mol. The second-order valence-corrected chi connectivity index (χ2v) is 5.85. The van der Waals surface area contributed by atoms with E-state index in [0.717, 1.165) is 36.9 Å². The minimum absolute atomic E-state index is 0.301. The Morgan fingerprint density at radius 3 is 2.79 bits per heavy atom. The average molecular weight is 349 g/mol. The number of aromatic nitrogens is 2. The molecule has 0 atom stereocenters. The van der Waals surface area contributed by atoms with E-state index >= 15 is 0 Å². The Hall–Kier alpha value is -2.14. The monoisotopic (exact) mass is 348 g/mol. The van der Waals surface area contributed by atoms with Crippen LogP contribution in [0.1, 0.15) is 58.9 Å². The number of rotatable bonds is 8. The Bertz CT molecular complexity index is 725. The van der Waals surface area contributed by atoms with Gasteiger partial charge in [0, 0.05) is 13.0 Å². The summed E-state index contributed by atoms with van der Waals surface area (Å²) in [5.41, 5.74) is 1.77. The molecular formula is C18H21ClN2O3. The number of halogens is 1. The van der Waals surface area contributed by atoms with Gasteiger partial charge in [0.15, 0.2) is 6.29 Å². The molecule has 1 heterocycles. The van der Waals surface area contributed by atoms with E-state index in [-0.39, 0.29) is 0 Å². The summed E-state index contributed by atoms with van der Waals surface area (Å²) >= 11 is 6.20. The highest BCUT2D eigenvalue weighted by atomic mass is 35.5. The van der Waals surface area contributed by atoms with Crippen LogP contribution in [-0.2, 0) is 17.7 Å². The van der Waals surface area contributed by atoms with Crippen LogP contribution in [0.25, 0.3) is 0 Å². The van der Waals surface area contributed by atoms with Gasteiger partial charge in [0.2, 0.25) is 0 Å². The highest BCUT2D eigenvalue weighted by Crippen LogP contribution is 2.21. The number of unbranched alkanes of at least 4 members (excludes halogenated alkanes) is 1. The van der Waals surface area contributed by atoms with E-state index in [1.807, 2.05) is 10.6 Å². The minimum atomic E-state index is -0.436. The fourth-order valence-electron chi connectivity index (χ4n) is 2.45. The second-order valence-electron chi connectivity index (χ2n) is 5.44. The first-order valence-electron chi connectivity index (χ1n) is 8.05. The molecule has 6 heteroatoms. The summed E-state index contributed by atoms with van der Waals surface area (Å²) in [6.45, 7) is 4.64. The van der Waals surface area contributed by atoms with Gasteiger partial charge in [0.05, 0.1) is 23.4 Å². The van der Waals surface area contributed by atoms with Gasteiger partial charge in [-0.2, -0.15) is 0 Å². The molecule has 0 saturated heterocycles. The third kappa shape index (κ3) is 4.23. The van der Waals surface area contributed by atoms with Gasteiger partial charge in [-0.15, -0.1) is 0 Å². The molecule has 0 amide bonds. The van der Waals surface area contributed by atoms with Crippen LogP contribution in [0.5, 0.6) is 0 Å². The molecule has 5 nitrogen and oxygen atoms in total. The first-order valence-corrected chi connectivity index (χ1v) is 8.43. The number of hydrogen-bond acceptors (Lipinski definition) is 4. The maximum atomic E-state index is 11.8. The number of ether oxygens (including phenoxy) is 1. The van der Waals surface area contributed by atoms with Crippen molar-refractivity contribution in [3.05, 3.63) is 52.1 Å². The molecule has 24 heavy (non-hydrogen) atoms. The van der Waals surface area contributed by atoms with E-state index in [1.54, 1.807) is 25.3 Å². The standard InChI is InChI=1S/C18H21ClN2O3/c1-3-5-6-17-20-10-14(12-22)21(17)11-13-7-8-15(16(19)9-13)18(23)24-4-2/h7-10,12H,3-6,11H2,1-2H3. The van der Waals surface area contributed by atoms with Crippen LogP contribution in [0.2, 0.25) is 5.02 Å². The van der Waals surface area contributed by atoms with Crippen molar-refractivity contribution in [2.24, 2.45) is 0 Å². The lowest BCUT2D eigenvalue weighted by Crippen LogP contribution is -2.10. The molecule has 0 aliphatic rings. The van der Waals surface area contributed by atoms with Crippen LogP contribution in [0.4, 0.5) is 0 Å². The van der Waals surface area contributed by atoms with Crippen LogP contribution < -0.4 is 0 Å². The van der Waals surface area contributed by atoms with E-state index in [1.165, 1.54) is 0 Å². The van der Waals surface area contributed by atoms with Gasteiger partial charge in [0.1, 0.15) is 11.5 Å². The van der Waals surface area contributed by atoms with Gasteiger partial charge < -0.3 is 9.30 Å². The number of carbonyl (C=O) groups excluding carboxylic acids is 2. The van der Waals surface area contributed by atoms with Crippen molar-refractivity contribution in [2.75, 3.05) is 6.61 Å². The molecule has 0 bridgehead atoms. The highest BCUT2D eigenvalue weighted by Gasteiger charge is 2.14. The maximum absolute atomic E-state index is 11.8. The van der Waals surface area contributed by atoms with Crippen molar-refractivity contribution in [3.63, 3.8) is 0 Å². The third-order valence-electron chi connectivity index (χ3n) is 3.71. The van der Waals surface area contributed by atoms with E-state index in [9.17, 15) is 9.59 Å². The largest absolute Gasteiger partial charge is 0.462 e. The molecule has 128 valence electrons. The summed E-state index contributed by atoms with van der Waals surface area (Å²) in [5, 5.41) is 0.342. The summed E-state index contributed by atoms with van der Waals surface area (Å²) in [7, 11) is 0. The molecule has 0 spiro atoms. The zero-order valence-electron chi connectivity index (χ0n) is 13.9. The summed E-state index contributed by atoms with van der Waals surface area (Å²) in [6, 6.07) is 5.20. The van der Waals surface area contributed by atoms with Crippen molar-refractivity contribution >= 4 is 23.9 Å². The van der Waals surface area contributed by atoms with Crippen molar-refractivity contribution < 1.29 is 14.3 Å². The average Bonchev–Trinajstić information content (AvgIpc) is 2.95. The Morgan fingerprint density at radius 2 is 2.17 bits per heavy atom. The Morgan fingerprint density at radius 1 is 1.38 bits per heavy atom. The molecule has 2 aromatic rings. The number of nitrogens with zero attached hydrogens (tertiary/aromatic N) is 2. The molecule has 1 aromatic carbocycles. The van der Waals surface area contributed by atoms with Crippen molar-refractivity contribution in [3.8, 4) is 0 Å². The fourth-order valence-corrected chi connectivity index (χ4v) is 2.73. The Labute approximate surface area is 146 Å². The van der Waals surface area contributed by atoms with E-state index in [0.29, 0.717) is 29.4 Å². The molecule has 0 saturated carbocycles. The van der Waals surface area contributed by atoms with E-state index in [4.69, 9.17) is 16.3 Å². The fraction of sp³-hybridized carbons (Fsp3) is 0.389. The normalized spacial score (nSPS) is 10.6. The lowest BCUT2D eigenvalue weighted by Gasteiger charge is -2.11. The van der Waals surface area contributed by atoms with Crippen molar-refractivity contribution in [1.82, 2.24) is 9.55 Å². The topological polar surface area (TPSA) is 61.2 Å². The Kier molecular flexibility index (Phi) is 6.55. The lowest BCUT2D eigenvalue weighted by molar-refractivity contribution is 0.0526. The van der Waals surface area contributed by atoms with Crippen molar-refractivity contribution in [1.29, 1.82) is 0 Å². The van der Waals surface area contributed by atoms with Gasteiger partial charge >= 0.3 is 5.97 Å².